The van der Waals surface area contributed by atoms with Crippen molar-refractivity contribution in [3.63, 3.8) is 0 Å². The van der Waals surface area contributed by atoms with Crippen molar-refractivity contribution in [3.05, 3.63) is 16.1 Å². The fourth-order valence-corrected chi connectivity index (χ4v) is 3.62. The maximum Gasteiger partial charge on any atom is 0.221 e. The van der Waals surface area contributed by atoms with Crippen molar-refractivity contribution in [1.82, 2.24) is 15.6 Å². The lowest BCUT2D eigenvalue weighted by atomic mass is 10.1. The second kappa shape index (κ2) is 9.01. The van der Waals surface area contributed by atoms with Gasteiger partial charge in [0.2, 0.25) is 11.8 Å². The van der Waals surface area contributed by atoms with Crippen LogP contribution in [0.1, 0.15) is 75.0 Å². The van der Waals surface area contributed by atoms with Crippen LogP contribution in [0.4, 0.5) is 0 Å². The van der Waals surface area contributed by atoms with E-state index in [1.165, 1.54) is 25.7 Å². The molecular formula is C17H27N3O2S. The van der Waals surface area contributed by atoms with Crippen LogP contribution in [-0.2, 0) is 9.59 Å². The summed E-state index contributed by atoms with van der Waals surface area (Å²) in [7, 11) is 0. The molecule has 0 unspecified atom stereocenters. The molecular weight excluding hydrogens is 310 g/mol. The molecule has 5 nitrogen and oxygen atoms in total. The SMILES string of the molecule is Cc1nc([C@@H](C)NC(=O)CCC(=O)NC2CCCCCC2)cs1. The molecule has 128 valence electrons. The fraction of sp³-hybridized carbons (Fsp3) is 0.706. The van der Waals surface area contributed by atoms with Gasteiger partial charge in [-0.05, 0) is 26.7 Å². The first kappa shape index (κ1) is 17.9. The number of amides is 2. The normalized spacial score (nSPS) is 17.3. The lowest BCUT2D eigenvalue weighted by Crippen LogP contribution is -2.35. The van der Waals surface area contributed by atoms with Crippen LogP contribution in [0.2, 0.25) is 0 Å². The molecule has 1 aliphatic rings. The number of nitrogens with zero attached hydrogens (tertiary/aromatic N) is 1. The Hall–Kier alpha value is -1.43. The van der Waals surface area contributed by atoms with Crippen molar-refractivity contribution in [2.75, 3.05) is 0 Å². The van der Waals surface area contributed by atoms with Gasteiger partial charge in [0.1, 0.15) is 0 Å². The van der Waals surface area contributed by atoms with Gasteiger partial charge in [0.25, 0.3) is 0 Å². The van der Waals surface area contributed by atoms with Gasteiger partial charge in [-0.3, -0.25) is 9.59 Å². The van der Waals surface area contributed by atoms with Crippen LogP contribution in [0.5, 0.6) is 0 Å². The Kier molecular flexibility index (Phi) is 7.02. The Morgan fingerprint density at radius 1 is 1.22 bits per heavy atom. The molecule has 0 aromatic carbocycles. The summed E-state index contributed by atoms with van der Waals surface area (Å²) in [6.45, 7) is 3.86. The highest BCUT2D eigenvalue weighted by molar-refractivity contribution is 7.09. The number of aromatic nitrogens is 1. The minimum atomic E-state index is -0.114. The maximum absolute atomic E-state index is 12.0. The summed E-state index contributed by atoms with van der Waals surface area (Å²) in [6, 6.07) is 0.183. The third-order valence-electron chi connectivity index (χ3n) is 4.26. The number of carbonyl (C=O) groups is 2. The van der Waals surface area contributed by atoms with E-state index >= 15 is 0 Å². The number of thiazole rings is 1. The van der Waals surface area contributed by atoms with E-state index < -0.39 is 0 Å². The summed E-state index contributed by atoms with van der Waals surface area (Å²) in [5, 5.41) is 8.92. The van der Waals surface area contributed by atoms with E-state index in [0.29, 0.717) is 6.04 Å². The van der Waals surface area contributed by atoms with E-state index in [4.69, 9.17) is 0 Å². The molecule has 1 atom stereocenters. The second-order valence-electron chi connectivity index (χ2n) is 6.34. The molecule has 0 saturated heterocycles. The van der Waals surface area contributed by atoms with E-state index in [0.717, 1.165) is 23.5 Å². The van der Waals surface area contributed by atoms with Gasteiger partial charge >= 0.3 is 0 Å². The number of aryl methyl sites for hydroxylation is 1. The summed E-state index contributed by atoms with van der Waals surface area (Å²) in [5.41, 5.74) is 0.878. The number of rotatable bonds is 6. The number of hydrogen-bond acceptors (Lipinski definition) is 4. The third kappa shape index (κ3) is 6.29. The largest absolute Gasteiger partial charge is 0.353 e. The van der Waals surface area contributed by atoms with Crippen LogP contribution < -0.4 is 10.6 Å². The summed E-state index contributed by atoms with van der Waals surface area (Å²) in [4.78, 5) is 28.3. The monoisotopic (exact) mass is 337 g/mol. The molecule has 23 heavy (non-hydrogen) atoms. The molecule has 0 spiro atoms. The van der Waals surface area contributed by atoms with Gasteiger partial charge in [-0.15, -0.1) is 11.3 Å². The third-order valence-corrected chi connectivity index (χ3v) is 5.05. The average Bonchev–Trinajstić information content (AvgIpc) is 2.79. The Balaban J connectivity index is 1.67. The van der Waals surface area contributed by atoms with Crippen LogP contribution in [-0.4, -0.2) is 22.8 Å². The molecule has 1 fully saturated rings. The number of hydrogen-bond donors (Lipinski definition) is 2. The minimum absolute atomic E-state index is 0.00999. The molecule has 1 aliphatic carbocycles. The molecule has 6 heteroatoms. The molecule has 1 heterocycles. The summed E-state index contributed by atoms with van der Waals surface area (Å²) in [5.74, 6) is -0.108. The van der Waals surface area contributed by atoms with Crippen molar-refractivity contribution in [3.8, 4) is 0 Å². The van der Waals surface area contributed by atoms with Crippen LogP contribution >= 0.6 is 11.3 Å². The number of nitrogens with one attached hydrogen (secondary N) is 2. The van der Waals surface area contributed by atoms with Crippen molar-refractivity contribution >= 4 is 23.2 Å². The molecule has 1 aromatic heterocycles. The van der Waals surface area contributed by atoms with Gasteiger partial charge in [-0.2, -0.15) is 0 Å². The standard InChI is InChI=1S/C17H27N3O2S/c1-12(15-11-23-13(2)19-15)18-16(21)9-10-17(22)20-14-7-5-3-4-6-8-14/h11-12,14H,3-10H2,1-2H3,(H,18,21)(H,20,22)/t12-/m1/s1. The van der Waals surface area contributed by atoms with E-state index in [9.17, 15) is 9.59 Å². The Bertz CT molecular complexity index is 522. The zero-order valence-corrected chi connectivity index (χ0v) is 14.9. The van der Waals surface area contributed by atoms with Crippen LogP contribution in [0.25, 0.3) is 0 Å². The molecule has 2 rings (SSSR count). The Labute approximate surface area is 142 Å². The summed E-state index contributed by atoms with van der Waals surface area (Å²) >= 11 is 1.57. The summed E-state index contributed by atoms with van der Waals surface area (Å²) in [6.07, 6.45) is 7.53. The first-order valence-electron chi connectivity index (χ1n) is 8.55. The highest BCUT2D eigenvalue weighted by Crippen LogP contribution is 2.18. The quantitative estimate of drug-likeness (QED) is 0.783. The van der Waals surface area contributed by atoms with Gasteiger partial charge < -0.3 is 10.6 Å². The number of carbonyl (C=O) groups excluding carboxylic acids is 2. The van der Waals surface area contributed by atoms with Crippen molar-refractivity contribution in [2.24, 2.45) is 0 Å². The zero-order valence-electron chi connectivity index (χ0n) is 14.1. The van der Waals surface area contributed by atoms with Crippen molar-refractivity contribution < 1.29 is 9.59 Å². The average molecular weight is 337 g/mol. The Morgan fingerprint density at radius 3 is 2.48 bits per heavy atom. The maximum atomic E-state index is 12.0. The van der Waals surface area contributed by atoms with Gasteiger partial charge in [-0.1, -0.05) is 25.7 Å². The molecule has 1 aromatic rings. The van der Waals surface area contributed by atoms with Crippen LogP contribution in [0.15, 0.2) is 5.38 Å². The van der Waals surface area contributed by atoms with Crippen LogP contribution in [0, 0.1) is 6.92 Å². The van der Waals surface area contributed by atoms with Gasteiger partial charge in [0, 0.05) is 24.3 Å². The first-order valence-corrected chi connectivity index (χ1v) is 9.43. The molecule has 0 aliphatic heterocycles. The van der Waals surface area contributed by atoms with Gasteiger partial charge in [0.05, 0.1) is 16.7 Å². The molecule has 0 radical (unpaired) electrons. The fourth-order valence-electron chi connectivity index (χ4n) is 2.92. The van der Waals surface area contributed by atoms with E-state index in [-0.39, 0.29) is 30.7 Å². The smallest absolute Gasteiger partial charge is 0.221 e. The minimum Gasteiger partial charge on any atom is -0.353 e. The van der Waals surface area contributed by atoms with E-state index in [2.05, 4.69) is 15.6 Å². The van der Waals surface area contributed by atoms with E-state index in [1.807, 2.05) is 19.2 Å². The van der Waals surface area contributed by atoms with Crippen molar-refractivity contribution in [1.29, 1.82) is 0 Å². The molecule has 2 amide bonds. The van der Waals surface area contributed by atoms with Gasteiger partial charge in [-0.25, -0.2) is 4.98 Å². The lowest BCUT2D eigenvalue weighted by Gasteiger charge is -2.16. The predicted molar refractivity (Wildman–Crippen MR) is 92.3 cm³/mol. The predicted octanol–water partition coefficient (Wildman–Crippen LogP) is 3.25. The van der Waals surface area contributed by atoms with Gasteiger partial charge in [0.15, 0.2) is 0 Å². The topological polar surface area (TPSA) is 71.1 Å². The first-order chi connectivity index (χ1) is 11.0. The second-order valence-corrected chi connectivity index (χ2v) is 7.40. The highest BCUT2D eigenvalue weighted by atomic mass is 32.1. The lowest BCUT2D eigenvalue weighted by molar-refractivity contribution is -0.127. The Morgan fingerprint density at radius 2 is 1.87 bits per heavy atom. The molecule has 2 N–H and O–H groups in total. The van der Waals surface area contributed by atoms with Crippen LogP contribution in [0.3, 0.4) is 0 Å². The zero-order chi connectivity index (χ0) is 16.7. The van der Waals surface area contributed by atoms with Crippen molar-refractivity contribution in [2.45, 2.75) is 77.3 Å². The summed E-state index contributed by atoms with van der Waals surface area (Å²) < 4.78 is 0. The molecule has 0 bridgehead atoms. The van der Waals surface area contributed by atoms with E-state index in [1.54, 1.807) is 11.3 Å². The molecule has 1 saturated carbocycles. The highest BCUT2D eigenvalue weighted by Gasteiger charge is 2.16.